The van der Waals surface area contributed by atoms with Crippen molar-refractivity contribution in [2.24, 2.45) is 0 Å². The van der Waals surface area contributed by atoms with Crippen LogP contribution in [0.5, 0.6) is 17.2 Å². The molecule has 44 heavy (non-hydrogen) atoms. The van der Waals surface area contributed by atoms with E-state index in [1.807, 2.05) is 49.4 Å². The molecular weight excluding hydrogens is 572 g/mol. The molecule has 2 heterocycles. The van der Waals surface area contributed by atoms with E-state index >= 15 is 0 Å². The van der Waals surface area contributed by atoms with Gasteiger partial charge in [-0.2, -0.15) is 5.10 Å². The van der Waals surface area contributed by atoms with Gasteiger partial charge in [-0.1, -0.05) is 36.4 Å². The summed E-state index contributed by atoms with van der Waals surface area (Å²) in [6.07, 6.45) is -3.95. The fourth-order valence-corrected chi connectivity index (χ4v) is 5.16. The number of halogens is 2. The highest BCUT2D eigenvalue weighted by Crippen LogP contribution is 2.47. The molecule has 11 heteroatoms. The van der Waals surface area contributed by atoms with Crippen LogP contribution in [-0.4, -0.2) is 46.7 Å². The summed E-state index contributed by atoms with van der Waals surface area (Å²) in [4.78, 5) is 23.2. The number of benzene rings is 4. The molecule has 4 aromatic carbocycles. The van der Waals surface area contributed by atoms with E-state index in [0.29, 0.717) is 16.8 Å². The smallest absolute Gasteiger partial charge is 0.497 e. The van der Waals surface area contributed by atoms with Crippen molar-refractivity contribution in [3.05, 3.63) is 96.1 Å². The Hall–Kier alpha value is -5.45. The number of carbonyl (C=O) groups excluding carboxylic acids is 1. The lowest BCUT2D eigenvalue weighted by Crippen LogP contribution is -2.26. The average Bonchev–Trinajstić information content (AvgIpc) is 3.60. The molecule has 1 unspecified atom stereocenters. The number of nitrogens with zero attached hydrogens (tertiary/aromatic N) is 2. The fourth-order valence-electron chi connectivity index (χ4n) is 5.16. The summed E-state index contributed by atoms with van der Waals surface area (Å²) in [6.45, 7) is 1.96. The summed E-state index contributed by atoms with van der Waals surface area (Å²) in [5.41, 5.74) is 3.55. The Morgan fingerprint density at radius 1 is 1.00 bits per heavy atom. The highest BCUT2D eigenvalue weighted by molar-refractivity contribution is 5.94. The first kappa shape index (κ1) is 28.7. The molecule has 0 fully saturated rings. The number of aromatic nitrogens is 2. The second-order valence-electron chi connectivity index (χ2n) is 10.3. The minimum Gasteiger partial charge on any atom is -0.497 e. The number of carboxylic acid groups (broad SMARTS) is 1. The van der Waals surface area contributed by atoms with E-state index in [1.165, 1.54) is 6.07 Å². The topological polar surface area (TPSA) is 112 Å². The van der Waals surface area contributed by atoms with Gasteiger partial charge in [-0.3, -0.25) is 14.3 Å². The summed E-state index contributed by atoms with van der Waals surface area (Å²) in [7, 11) is 1.61. The molecule has 9 nitrogen and oxygen atoms in total. The molecular formula is C33H27F2N3O6. The van der Waals surface area contributed by atoms with E-state index < -0.39 is 12.3 Å². The Labute approximate surface area is 250 Å². The molecule has 0 saturated carbocycles. The van der Waals surface area contributed by atoms with Crippen molar-refractivity contribution >= 4 is 22.6 Å². The predicted molar refractivity (Wildman–Crippen MR) is 158 cm³/mol. The van der Waals surface area contributed by atoms with E-state index in [1.54, 1.807) is 48.2 Å². The van der Waals surface area contributed by atoms with E-state index in [2.05, 4.69) is 10.1 Å². The summed E-state index contributed by atoms with van der Waals surface area (Å²) in [6, 6.07) is 24.8. The molecule has 0 bridgehead atoms. The van der Waals surface area contributed by atoms with Gasteiger partial charge >= 0.3 is 12.3 Å². The van der Waals surface area contributed by atoms with Crippen LogP contribution in [0.2, 0.25) is 0 Å². The minimum absolute atomic E-state index is 0.0220. The van der Waals surface area contributed by atoms with Crippen LogP contribution in [-0.2, 0) is 4.79 Å². The van der Waals surface area contributed by atoms with Gasteiger partial charge in [0, 0.05) is 23.2 Å². The Bertz CT molecular complexity index is 1890. The third kappa shape index (κ3) is 5.63. The summed E-state index contributed by atoms with van der Waals surface area (Å²) >= 11 is 0. The number of carboxylic acids is 1. The van der Waals surface area contributed by atoms with Crippen LogP contribution in [0.1, 0.15) is 35.3 Å². The van der Waals surface area contributed by atoms with E-state index in [4.69, 9.17) is 19.7 Å². The second kappa shape index (κ2) is 11.3. The SMILES string of the molecule is COc1ccc2cc(-c3cc(-c4cccc5c4OC(F)(F)O5)nn3C(C)c3ccc(C(=O)NCCC(=O)O)cc3)ccc2c1. The van der Waals surface area contributed by atoms with Crippen LogP contribution < -0.4 is 19.5 Å². The molecule has 1 amide bonds. The van der Waals surface area contributed by atoms with Gasteiger partial charge in [0.05, 0.1) is 31.0 Å². The zero-order valence-corrected chi connectivity index (χ0v) is 23.7. The van der Waals surface area contributed by atoms with Gasteiger partial charge in [0.25, 0.3) is 5.91 Å². The van der Waals surface area contributed by atoms with Gasteiger partial charge in [-0.05, 0) is 71.8 Å². The number of amides is 1. The van der Waals surface area contributed by atoms with Crippen LogP contribution in [0.4, 0.5) is 8.78 Å². The molecule has 1 aliphatic heterocycles. The number of fused-ring (bicyclic) bond motifs is 2. The number of ether oxygens (including phenoxy) is 3. The monoisotopic (exact) mass is 599 g/mol. The van der Waals surface area contributed by atoms with Crippen LogP contribution in [0, 0.1) is 0 Å². The average molecular weight is 600 g/mol. The van der Waals surface area contributed by atoms with Gasteiger partial charge in [0.1, 0.15) is 5.75 Å². The van der Waals surface area contributed by atoms with Gasteiger partial charge in [0.2, 0.25) is 0 Å². The Morgan fingerprint density at radius 2 is 1.75 bits per heavy atom. The number of carbonyl (C=O) groups is 2. The maximum atomic E-state index is 14.0. The molecule has 1 atom stereocenters. The maximum absolute atomic E-state index is 14.0. The standard InChI is InChI=1S/C33H27F2N3O6/c1-19(20-6-8-21(9-7-20)32(41)36-15-14-30(39)40)38-28(24-11-10-23-17-25(42-2)13-12-22(23)16-24)18-27(37-38)26-4-3-5-29-31(26)44-33(34,35)43-29/h3-13,16-19H,14-15H2,1-2H3,(H,36,41)(H,39,40). The second-order valence-corrected chi connectivity index (χ2v) is 10.3. The number of methoxy groups -OCH3 is 1. The molecule has 0 aliphatic carbocycles. The van der Waals surface area contributed by atoms with Gasteiger partial charge < -0.3 is 24.6 Å². The van der Waals surface area contributed by atoms with E-state index in [-0.39, 0.29) is 36.4 Å². The van der Waals surface area contributed by atoms with Crippen molar-refractivity contribution in [1.82, 2.24) is 15.1 Å². The number of para-hydroxylation sites is 1. The summed E-state index contributed by atoms with van der Waals surface area (Å²) < 4.78 is 44.7. The Morgan fingerprint density at radius 3 is 2.50 bits per heavy atom. The lowest BCUT2D eigenvalue weighted by molar-refractivity contribution is -0.286. The molecule has 0 spiro atoms. The van der Waals surface area contributed by atoms with Crippen LogP contribution in [0.15, 0.2) is 84.9 Å². The van der Waals surface area contributed by atoms with Gasteiger partial charge in [-0.25, -0.2) is 0 Å². The Kier molecular flexibility index (Phi) is 7.38. The molecule has 0 radical (unpaired) electrons. The van der Waals surface area contributed by atoms with E-state index in [0.717, 1.165) is 33.3 Å². The largest absolute Gasteiger partial charge is 0.586 e. The van der Waals surface area contributed by atoms with Crippen LogP contribution in [0.25, 0.3) is 33.3 Å². The molecule has 1 aliphatic rings. The van der Waals surface area contributed by atoms with Crippen molar-refractivity contribution in [3.8, 4) is 39.8 Å². The first-order valence-electron chi connectivity index (χ1n) is 13.8. The van der Waals surface area contributed by atoms with Crippen molar-refractivity contribution in [1.29, 1.82) is 0 Å². The number of nitrogens with one attached hydrogen (secondary N) is 1. The Balaban J connectivity index is 1.39. The first-order valence-corrected chi connectivity index (χ1v) is 13.8. The zero-order chi connectivity index (χ0) is 31.0. The van der Waals surface area contributed by atoms with Crippen molar-refractivity contribution in [2.75, 3.05) is 13.7 Å². The fraction of sp³-hybridized carbons (Fsp3) is 0.182. The number of hydrogen-bond acceptors (Lipinski definition) is 6. The summed E-state index contributed by atoms with van der Waals surface area (Å²) in [5, 5.41) is 18.2. The first-order chi connectivity index (χ1) is 21.1. The van der Waals surface area contributed by atoms with Crippen molar-refractivity contribution in [2.45, 2.75) is 25.7 Å². The van der Waals surface area contributed by atoms with Gasteiger partial charge in [-0.15, -0.1) is 8.78 Å². The van der Waals surface area contributed by atoms with Crippen molar-refractivity contribution in [3.63, 3.8) is 0 Å². The van der Waals surface area contributed by atoms with Crippen LogP contribution in [0.3, 0.4) is 0 Å². The third-order valence-electron chi connectivity index (χ3n) is 7.43. The highest BCUT2D eigenvalue weighted by Gasteiger charge is 2.45. The third-order valence-corrected chi connectivity index (χ3v) is 7.43. The number of alkyl halides is 2. The van der Waals surface area contributed by atoms with Crippen LogP contribution >= 0.6 is 0 Å². The molecule has 2 N–H and O–H groups in total. The van der Waals surface area contributed by atoms with E-state index in [9.17, 15) is 18.4 Å². The minimum atomic E-state index is -3.78. The molecule has 6 rings (SSSR count). The van der Waals surface area contributed by atoms with Gasteiger partial charge in [0.15, 0.2) is 11.5 Å². The number of hydrogen-bond donors (Lipinski definition) is 2. The summed E-state index contributed by atoms with van der Waals surface area (Å²) in [5.74, 6) is -0.804. The van der Waals surface area contributed by atoms with Crippen molar-refractivity contribution < 1.29 is 37.7 Å². The maximum Gasteiger partial charge on any atom is 0.586 e. The number of rotatable bonds is 9. The number of aliphatic carboxylic acids is 1. The molecule has 5 aromatic rings. The molecule has 224 valence electrons. The highest BCUT2D eigenvalue weighted by atomic mass is 19.3. The predicted octanol–water partition coefficient (Wildman–Crippen LogP) is 6.51. The molecule has 1 aromatic heterocycles. The normalized spacial score (nSPS) is 13.9. The quantitative estimate of drug-likeness (QED) is 0.199. The zero-order valence-electron chi connectivity index (χ0n) is 23.7. The lowest BCUT2D eigenvalue weighted by atomic mass is 10.0. The lowest BCUT2D eigenvalue weighted by Gasteiger charge is -2.17. The molecule has 0 saturated heterocycles.